The van der Waals surface area contributed by atoms with Crippen LogP contribution in [0.15, 0.2) is 29.4 Å². The first-order valence-corrected chi connectivity index (χ1v) is 8.49. The van der Waals surface area contributed by atoms with E-state index in [9.17, 15) is 9.59 Å². The van der Waals surface area contributed by atoms with Gasteiger partial charge in [0.25, 0.3) is 11.8 Å². The van der Waals surface area contributed by atoms with Crippen LogP contribution in [0.4, 0.5) is 5.69 Å². The van der Waals surface area contributed by atoms with Crippen LogP contribution < -0.4 is 4.90 Å². The Labute approximate surface area is 144 Å². The van der Waals surface area contributed by atoms with Gasteiger partial charge in [0.2, 0.25) is 0 Å². The quantitative estimate of drug-likeness (QED) is 0.734. The van der Waals surface area contributed by atoms with Crippen LogP contribution in [0.25, 0.3) is 0 Å². The number of hydrogen-bond donors (Lipinski definition) is 0. The minimum atomic E-state index is -0.342. The third-order valence-corrected chi connectivity index (χ3v) is 3.77. The van der Waals surface area contributed by atoms with Gasteiger partial charge in [-0.3, -0.25) is 19.5 Å². The molecule has 0 fully saturated rings. The molecule has 3 rings (SSSR count). The predicted octanol–water partition coefficient (Wildman–Crippen LogP) is 2.81. The highest BCUT2D eigenvalue weighted by Gasteiger charge is 2.38. The summed E-state index contributed by atoms with van der Waals surface area (Å²) in [7, 11) is 3.49. The van der Waals surface area contributed by atoms with E-state index in [2.05, 4.69) is 5.10 Å². The number of carbonyl (C=O) groups excluding carboxylic acids is 2. The molecule has 2 aliphatic heterocycles. The second-order valence-corrected chi connectivity index (χ2v) is 5.12. The molecule has 1 aromatic carbocycles. The summed E-state index contributed by atoms with van der Waals surface area (Å²) < 4.78 is 0. The number of anilines is 1. The van der Waals surface area contributed by atoms with Gasteiger partial charge in [-0.25, -0.2) is 0 Å². The summed E-state index contributed by atoms with van der Waals surface area (Å²) in [5.74, 6) is 0.422. The molecule has 132 valence electrons. The molecule has 2 heterocycles. The van der Waals surface area contributed by atoms with Crippen LogP contribution in [-0.2, 0) is 4.79 Å². The second-order valence-electron chi connectivity index (χ2n) is 5.12. The Bertz CT molecular complexity index is 627. The molecule has 1 aromatic rings. The van der Waals surface area contributed by atoms with Crippen molar-refractivity contribution < 1.29 is 9.59 Å². The maximum absolute atomic E-state index is 12.6. The molecule has 6 nitrogen and oxygen atoms in total. The predicted molar refractivity (Wildman–Crippen MR) is 98.2 cm³/mol. The first-order chi connectivity index (χ1) is 11.5. The highest BCUT2D eigenvalue weighted by Crippen LogP contribution is 2.28. The average Bonchev–Trinajstić information content (AvgIpc) is 2.72. The zero-order valence-corrected chi connectivity index (χ0v) is 15.7. The molecular weight excluding hydrogens is 304 g/mol. The fourth-order valence-corrected chi connectivity index (χ4v) is 2.49. The van der Waals surface area contributed by atoms with Crippen molar-refractivity contribution in [2.45, 2.75) is 40.7 Å². The van der Waals surface area contributed by atoms with Gasteiger partial charge in [-0.2, -0.15) is 5.10 Å². The minimum absolute atomic E-state index is 0.0620. The number of benzene rings is 1. The number of likely N-dealkylation sites (N-methyl/N-ethyl adjacent to an activating group) is 2. The summed E-state index contributed by atoms with van der Waals surface area (Å²) >= 11 is 0. The number of amides is 2. The SMILES string of the molecule is CC.CC.CC1C(=O)N2C(=NN1C)CN(C)C(=O)c1ccccc12. The summed E-state index contributed by atoms with van der Waals surface area (Å²) in [5, 5.41) is 6.08. The number of hydrogen-bond acceptors (Lipinski definition) is 4. The summed E-state index contributed by atoms with van der Waals surface area (Å²) in [6, 6.07) is 6.82. The van der Waals surface area contributed by atoms with Crippen molar-refractivity contribution in [1.82, 2.24) is 9.91 Å². The Morgan fingerprint density at radius 1 is 1.04 bits per heavy atom. The van der Waals surface area contributed by atoms with E-state index in [1.54, 1.807) is 47.1 Å². The van der Waals surface area contributed by atoms with E-state index >= 15 is 0 Å². The molecule has 0 N–H and O–H groups in total. The lowest BCUT2D eigenvalue weighted by Gasteiger charge is -2.35. The molecule has 0 radical (unpaired) electrons. The molecule has 0 saturated heterocycles. The number of para-hydroxylation sites is 1. The minimum Gasteiger partial charge on any atom is -0.334 e. The van der Waals surface area contributed by atoms with Gasteiger partial charge in [0.05, 0.1) is 17.8 Å². The molecule has 2 amide bonds. The highest BCUT2D eigenvalue weighted by atomic mass is 16.2. The van der Waals surface area contributed by atoms with Crippen LogP contribution in [-0.4, -0.2) is 54.2 Å². The van der Waals surface area contributed by atoms with Gasteiger partial charge in [0, 0.05) is 14.1 Å². The van der Waals surface area contributed by atoms with Crippen molar-refractivity contribution in [3.8, 4) is 0 Å². The van der Waals surface area contributed by atoms with Crippen molar-refractivity contribution in [3.63, 3.8) is 0 Å². The van der Waals surface area contributed by atoms with Crippen LogP contribution in [0.1, 0.15) is 45.0 Å². The molecule has 1 atom stereocenters. The zero-order chi connectivity index (χ0) is 18.4. The maximum atomic E-state index is 12.6. The van der Waals surface area contributed by atoms with E-state index < -0.39 is 0 Å². The molecule has 0 aliphatic carbocycles. The number of fused-ring (bicyclic) bond motifs is 3. The van der Waals surface area contributed by atoms with E-state index in [1.165, 1.54) is 0 Å². The van der Waals surface area contributed by atoms with Crippen molar-refractivity contribution in [3.05, 3.63) is 29.8 Å². The summed E-state index contributed by atoms with van der Waals surface area (Å²) in [6.07, 6.45) is 0. The van der Waals surface area contributed by atoms with Crippen LogP contribution >= 0.6 is 0 Å². The number of nitrogens with zero attached hydrogens (tertiary/aromatic N) is 4. The zero-order valence-electron chi connectivity index (χ0n) is 15.7. The van der Waals surface area contributed by atoms with Gasteiger partial charge in [-0.15, -0.1) is 0 Å². The Hall–Kier alpha value is -2.37. The third-order valence-electron chi connectivity index (χ3n) is 3.77. The fraction of sp³-hybridized carbons (Fsp3) is 0.500. The summed E-state index contributed by atoms with van der Waals surface area (Å²) in [6.45, 7) is 10.1. The lowest BCUT2D eigenvalue weighted by atomic mass is 10.1. The Kier molecular flexibility index (Phi) is 6.95. The van der Waals surface area contributed by atoms with Gasteiger partial charge in [0.1, 0.15) is 6.04 Å². The van der Waals surface area contributed by atoms with Crippen molar-refractivity contribution in [1.29, 1.82) is 0 Å². The number of amidine groups is 1. The molecule has 2 aliphatic rings. The molecule has 6 heteroatoms. The van der Waals surface area contributed by atoms with Crippen LogP contribution in [0.2, 0.25) is 0 Å². The first kappa shape index (κ1) is 19.7. The topological polar surface area (TPSA) is 56.2 Å². The molecule has 0 saturated carbocycles. The number of rotatable bonds is 0. The largest absolute Gasteiger partial charge is 0.334 e. The molecular formula is C18H28N4O2. The lowest BCUT2D eigenvalue weighted by molar-refractivity contribution is -0.122. The van der Waals surface area contributed by atoms with Crippen LogP contribution in [0.3, 0.4) is 0 Å². The van der Waals surface area contributed by atoms with Crippen LogP contribution in [0.5, 0.6) is 0 Å². The van der Waals surface area contributed by atoms with E-state index in [4.69, 9.17) is 0 Å². The average molecular weight is 332 g/mol. The molecule has 24 heavy (non-hydrogen) atoms. The van der Waals surface area contributed by atoms with E-state index in [-0.39, 0.29) is 17.9 Å². The van der Waals surface area contributed by atoms with Gasteiger partial charge in [0.15, 0.2) is 5.84 Å². The monoisotopic (exact) mass is 332 g/mol. The fourth-order valence-electron chi connectivity index (χ4n) is 2.49. The Morgan fingerprint density at radius 2 is 1.62 bits per heavy atom. The van der Waals surface area contributed by atoms with E-state index in [1.807, 2.05) is 40.7 Å². The summed E-state index contributed by atoms with van der Waals surface area (Å²) in [4.78, 5) is 28.1. The lowest BCUT2D eigenvalue weighted by Crippen LogP contribution is -2.54. The number of hydrazone groups is 1. The van der Waals surface area contributed by atoms with Gasteiger partial charge < -0.3 is 4.90 Å². The van der Waals surface area contributed by atoms with Gasteiger partial charge in [-0.1, -0.05) is 39.8 Å². The van der Waals surface area contributed by atoms with E-state index in [0.29, 0.717) is 23.6 Å². The van der Waals surface area contributed by atoms with Crippen molar-refractivity contribution in [2.24, 2.45) is 5.10 Å². The Balaban J connectivity index is 0.000000671. The smallest absolute Gasteiger partial charge is 0.256 e. The Morgan fingerprint density at radius 3 is 2.25 bits per heavy atom. The highest BCUT2D eigenvalue weighted by molar-refractivity contribution is 6.24. The second kappa shape index (κ2) is 8.47. The van der Waals surface area contributed by atoms with Crippen molar-refractivity contribution >= 4 is 23.3 Å². The van der Waals surface area contributed by atoms with Gasteiger partial charge >= 0.3 is 0 Å². The molecule has 1 unspecified atom stereocenters. The molecule has 0 aromatic heterocycles. The maximum Gasteiger partial charge on any atom is 0.256 e. The third kappa shape index (κ3) is 3.42. The number of carbonyl (C=O) groups is 2. The normalized spacial score (nSPS) is 19.0. The molecule has 0 spiro atoms. The standard InChI is InChI=1S/C14H16N4O2.2C2H6/c1-9-13(19)18-11-7-5-4-6-10(11)14(20)16(2)8-12(18)15-17(9)3;2*1-2/h4-7,9H,8H2,1-3H3;2*1-2H3. The van der Waals surface area contributed by atoms with Crippen molar-refractivity contribution in [2.75, 3.05) is 25.5 Å². The van der Waals surface area contributed by atoms with Crippen LogP contribution in [0, 0.1) is 0 Å². The molecule has 0 bridgehead atoms. The summed E-state index contributed by atoms with van der Waals surface area (Å²) in [5.41, 5.74) is 1.15. The first-order valence-electron chi connectivity index (χ1n) is 8.49. The van der Waals surface area contributed by atoms with E-state index in [0.717, 1.165) is 0 Å². The van der Waals surface area contributed by atoms with Gasteiger partial charge in [-0.05, 0) is 19.1 Å².